The maximum atomic E-state index is 4.40. The molecule has 0 saturated carbocycles. The molecule has 46 heavy (non-hydrogen) atoms. The average molecular weight is 790 g/mol. The van der Waals surface area contributed by atoms with Crippen LogP contribution in [0, 0.1) is 39.0 Å². The molecule has 7 heteroatoms. The van der Waals surface area contributed by atoms with E-state index in [4.69, 9.17) is 0 Å². The Kier molecular flexibility index (Phi) is 13.5. The Morgan fingerprint density at radius 3 is 0.935 bits per heavy atom. The molecule has 0 N–H and O–H groups in total. The summed E-state index contributed by atoms with van der Waals surface area (Å²) in [5.74, 6) is 0. The fourth-order valence-electron chi connectivity index (χ4n) is 4.64. The van der Waals surface area contributed by atoms with Gasteiger partial charge in [-0.3, -0.25) is 15.0 Å². The van der Waals surface area contributed by atoms with Crippen LogP contribution >= 0.6 is 0 Å². The zero-order valence-electron chi connectivity index (χ0n) is 28.4. The molecule has 0 amide bonds. The minimum atomic E-state index is 0. The minimum Gasteiger partial charge on any atom is -0.344 e. The molecule has 0 radical (unpaired) electrons. The number of rotatable bonds is 6. The Bertz CT molecular complexity index is 1580. The van der Waals surface area contributed by atoms with Crippen LogP contribution in [0.15, 0.2) is 92.2 Å². The van der Waals surface area contributed by atoms with Gasteiger partial charge in [-0.1, -0.05) is 20.8 Å². The van der Waals surface area contributed by atoms with E-state index in [1.54, 1.807) is 0 Å². The van der Waals surface area contributed by atoms with Crippen LogP contribution in [0.1, 0.15) is 76.4 Å². The van der Waals surface area contributed by atoms with Gasteiger partial charge in [0, 0.05) is 35.2 Å². The average Bonchev–Trinajstić information content (AvgIpc) is 3.80. The molecule has 3 aromatic heterocycles. The van der Waals surface area contributed by atoms with E-state index in [9.17, 15) is 0 Å². The SMILES string of the molecule is Cc1ccc[c-]c1-c1cn(C(C)C)cn1.Cc1ccc[c-]c1-c1cn(C(C)C)cn1.Cc1ccc[c-]c1-c1cn(C(C)C)cn1.[Ir+3]. The third kappa shape index (κ3) is 9.48. The summed E-state index contributed by atoms with van der Waals surface area (Å²) in [6.07, 6.45) is 11.8. The van der Waals surface area contributed by atoms with Crippen molar-refractivity contribution in [2.45, 2.75) is 80.4 Å². The summed E-state index contributed by atoms with van der Waals surface area (Å²) >= 11 is 0. The molecule has 0 atom stereocenters. The third-order valence-electron chi connectivity index (χ3n) is 7.56. The van der Waals surface area contributed by atoms with Crippen molar-refractivity contribution < 1.29 is 20.1 Å². The molecule has 0 bridgehead atoms. The van der Waals surface area contributed by atoms with Gasteiger partial charge in [-0.2, -0.15) is 0 Å². The summed E-state index contributed by atoms with van der Waals surface area (Å²) in [4.78, 5) is 13.2. The van der Waals surface area contributed by atoms with Crippen LogP contribution in [0.3, 0.4) is 0 Å². The van der Waals surface area contributed by atoms with E-state index in [1.165, 1.54) is 16.7 Å². The van der Waals surface area contributed by atoms with E-state index in [0.29, 0.717) is 18.1 Å². The van der Waals surface area contributed by atoms with Crippen LogP contribution in [0.4, 0.5) is 0 Å². The van der Waals surface area contributed by atoms with E-state index < -0.39 is 0 Å². The van der Waals surface area contributed by atoms with Crippen molar-refractivity contribution >= 4 is 0 Å². The van der Waals surface area contributed by atoms with Gasteiger partial charge in [-0.25, -0.2) is 0 Å². The smallest absolute Gasteiger partial charge is 0.344 e. The molecule has 0 aliphatic rings. The summed E-state index contributed by atoms with van der Waals surface area (Å²) in [7, 11) is 0. The summed E-state index contributed by atoms with van der Waals surface area (Å²) < 4.78 is 6.32. The first kappa shape index (κ1) is 36.4. The number of aryl methyl sites for hydroxylation is 3. The molecule has 3 heterocycles. The zero-order chi connectivity index (χ0) is 32.5. The van der Waals surface area contributed by atoms with E-state index in [-0.39, 0.29) is 20.1 Å². The van der Waals surface area contributed by atoms with Gasteiger partial charge in [0.1, 0.15) is 0 Å². The predicted octanol–water partition coefficient (Wildman–Crippen LogP) is 9.72. The Labute approximate surface area is 289 Å². The topological polar surface area (TPSA) is 53.5 Å². The van der Waals surface area contributed by atoms with Crippen molar-refractivity contribution in [3.8, 4) is 33.8 Å². The van der Waals surface area contributed by atoms with Crippen molar-refractivity contribution in [3.63, 3.8) is 0 Å². The summed E-state index contributed by atoms with van der Waals surface area (Å²) in [5, 5.41) is 0. The molecular weight excluding hydrogens is 745 g/mol. The number of hydrogen-bond donors (Lipinski definition) is 0. The molecule has 0 fully saturated rings. The van der Waals surface area contributed by atoms with Crippen LogP contribution in [0.25, 0.3) is 33.8 Å². The first-order valence-electron chi connectivity index (χ1n) is 15.6. The van der Waals surface area contributed by atoms with E-state index in [1.807, 2.05) is 55.4 Å². The van der Waals surface area contributed by atoms with Gasteiger partial charge >= 0.3 is 20.1 Å². The number of nitrogens with zero attached hydrogens (tertiary/aromatic N) is 6. The quantitative estimate of drug-likeness (QED) is 0.158. The largest absolute Gasteiger partial charge is 3.00 e. The third-order valence-corrected chi connectivity index (χ3v) is 7.56. The maximum Gasteiger partial charge on any atom is 3.00 e. The van der Waals surface area contributed by atoms with Crippen molar-refractivity contribution in [1.82, 2.24) is 28.7 Å². The van der Waals surface area contributed by atoms with Crippen molar-refractivity contribution in [1.29, 1.82) is 0 Å². The Morgan fingerprint density at radius 2 is 0.739 bits per heavy atom. The Hall–Kier alpha value is -4.06. The van der Waals surface area contributed by atoms with Gasteiger partial charge in [0.25, 0.3) is 0 Å². The van der Waals surface area contributed by atoms with Crippen LogP contribution in [-0.2, 0) is 20.1 Å². The first-order valence-corrected chi connectivity index (χ1v) is 15.6. The number of hydrogen-bond acceptors (Lipinski definition) is 3. The summed E-state index contributed by atoms with van der Waals surface area (Å²) in [6, 6.07) is 29.1. The zero-order valence-corrected chi connectivity index (χ0v) is 30.8. The van der Waals surface area contributed by atoms with Crippen molar-refractivity contribution in [3.05, 3.63) is 127 Å². The van der Waals surface area contributed by atoms with Gasteiger partial charge in [0.2, 0.25) is 0 Å². The molecule has 0 saturated heterocycles. The first-order chi connectivity index (χ1) is 21.5. The number of imidazole rings is 3. The maximum absolute atomic E-state index is 4.40. The summed E-state index contributed by atoms with van der Waals surface area (Å²) in [5.41, 5.74) is 9.93. The number of aromatic nitrogens is 6. The second-order valence-electron chi connectivity index (χ2n) is 12.1. The van der Waals surface area contributed by atoms with Crippen molar-refractivity contribution in [2.75, 3.05) is 0 Å². The predicted molar refractivity (Wildman–Crippen MR) is 185 cm³/mol. The van der Waals surface area contributed by atoms with Gasteiger partial charge < -0.3 is 13.7 Å². The molecule has 6 rings (SSSR count). The van der Waals surface area contributed by atoms with E-state index in [0.717, 1.165) is 33.8 Å². The minimum absolute atomic E-state index is 0. The summed E-state index contributed by atoms with van der Waals surface area (Å²) in [6.45, 7) is 19.1. The van der Waals surface area contributed by atoms with Crippen molar-refractivity contribution in [2.24, 2.45) is 0 Å². The normalized spacial score (nSPS) is 10.7. The second-order valence-corrected chi connectivity index (χ2v) is 12.1. The molecular formula is C39H45IrN6. The van der Waals surface area contributed by atoms with E-state index >= 15 is 0 Å². The standard InChI is InChI=1S/3C13H15N2.Ir/c3*1-10(2)15-8-13(14-9-15)12-7-5-4-6-11(12)3;/h3*4-6,8-10H,1-3H3;/q3*-1;+3. The van der Waals surface area contributed by atoms with Gasteiger partial charge in [-0.05, 0) is 60.1 Å². The molecule has 0 aliphatic heterocycles. The van der Waals surface area contributed by atoms with Crippen LogP contribution in [0.2, 0.25) is 0 Å². The van der Waals surface area contributed by atoms with E-state index in [2.05, 4.69) is 146 Å². The Morgan fingerprint density at radius 1 is 0.478 bits per heavy atom. The number of benzene rings is 3. The monoisotopic (exact) mass is 790 g/mol. The fraction of sp³-hybridized carbons (Fsp3) is 0.308. The molecule has 3 aromatic carbocycles. The van der Waals surface area contributed by atoms with Gasteiger partial charge in [-0.15, -0.1) is 106 Å². The Balaban J connectivity index is 0.000000186. The fourth-order valence-corrected chi connectivity index (χ4v) is 4.64. The van der Waals surface area contributed by atoms with Crippen LogP contribution in [-0.4, -0.2) is 28.7 Å². The van der Waals surface area contributed by atoms with Gasteiger partial charge in [0.15, 0.2) is 0 Å². The molecule has 0 spiro atoms. The molecule has 0 unspecified atom stereocenters. The van der Waals surface area contributed by atoms with Crippen LogP contribution in [0.5, 0.6) is 0 Å². The molecule has 0 aliphatic carbocycles. The van der Waals surface area contributed by atoms with Gasteiger partial charge in [0.05, 0.1) is 19.0 Å². The molecule has 6 nitrogen and oxygen atoms in total. The van der Waals surface area contributed by atoms with Crippen LogP contribution < -0.4 is 0 Å². The second kappa shape index (κ2) is 17.0. The molecule has 6 aromatic rings. The molecule has 240 valence electrons.